The van der Waals surface area contributed by atoms with Crippen molar-refractivity contribution in [1.82, 2.24) is 9.62 Å². The van der Waals surface area contributed by atoms with E-state index < -0.39 is 30.8 Å². The average Bonchev–Trinajstić information content (AvgIpc) is 3.07. The molecule has 12 heteroatoms. The van der Waals surface area contributed by atoms with Gasteiger partial charge >= 0.3 is 0 Å². The average molecular weight is 462 g/mol. The second-order valence-corrected chi connectivity index (χ2v) is 10.5. The van der Waals surface area contributed by atoms with Gasteiger partial charge in [-0.3, -0.25) is 9.62 Å². The third kappa shape index (κ3) is 5.79. The number of halogens is 1. The summed E-state index contributed by atoms with van der Waals surface area (Å²) in [5.74, 6) is 0.240. The standard InChI is InChI=1S/C18H24FN3O6S2/c1-13-3-5-17(28-13)16(22-7-9-27-10-8-22)12-20-30(25,26)18-6-4-14(11-15(18)19)21-29(2,23)24/h3-6,11,16,20-21H,7-10,12H2,1-2H3/t16-/m0/s1. The molecule has 9 nitrogen and oxygen atoms in total. The number of ether oxygens (including phenoxy) is 1. The Morgan fingerprint density at radius 2 is 1.83 bits per heavy atom. The lowest BCUT2D eigenvalue weighted by atomic mass is 10.2. The summed E-state index contributed by atoms with van der Waals surface area (Å²) < 4.78 is 78.0. The molecule has 3 rings (SSSR count). The summed E-state index contributed by atoms with van der Waals surface area (Å²) >= 11 is 0. The first kappa shape index (κ1) is 22.7. The van der Waals surface area contributed by atoms with Gasteiger partial charge in [-0.1, -0.05) is 0 Å². The normalized spacial score (nSPS) is 17.0. The van der Waals surface area contributed by atoms with Gasteiger partial charge < -0.3 is 9.15 Å². The molecule has 1 aliphatic heterocycles. The van der Waals surface area contributed by atoms with Crippen LogP contribution in [-0.4, -0.2) is 60.8 Å². The molecule has 30 heavy (non-hydrogen) atoms. The fourth-order valence-electron chi connectivity index (χ4n) is 3.19. The Morgan fingerprint density at radius 1 is 1.13 bits per heavy atom. The third-order valence-electron chi connectivity index (χ3n) is 4.57. The molecule has 1 saturated heterocycles. The number of furan rings is 1. The fourth-order valence-corrected chi connectivity index (χ4v) is 4.84. The molecule has 0 aliphatic carbocycles. The minimum Gasteiger partial charge on any atom is -0.465 e. The summed E-state index contributed by atoms with van der Waals surface area (Å²) in [6, 6.07) is 6.23. The van der Waals surface area contributed by atoms with Gasteiger partial charge in [-0.15, -0.1) is 0 Å². The van der Waals surface area contributed by atoms with Crippen molar-refractivity contribution < 1.29 is 30.4 Å². The highest BCUT2D eigenvalue weighted by atomic mass is 32.2. The van der Waals surface area contributed by atoms with Crippen LogP contribution in [0, 0.1) is 12.7 Å². The molecular weight excluding hydrogens is 437 g/mol. The Balaban J connectivity index is 1.79. The highest BCUT2D eigenvalue weighted by Gasteiger charge is 2.28. The highest BCUT2D eigenvalue weighted by Crippen LogP contribution is 2.25. The summed E-state index contributed by atoms with van der Waals surface area (Å²) in [4.78, 5) is 1.47. The Kier molecular flexibility index (Phi) is 6.82. The lowest BCUT2D eigenvalue weighted by Gasteiger charge is -2.33. The van der Waals surface area contributed by atoms with Crippen molar-refractivity contribution in [3.8, 4) is 0 Å². The molecule has 2 aromatic rings. The van der Waals surface area contributed by atoms with Crippen molar-refractivity contribution >= 4 is 25.7 Å². The molecular formula is C18H24FN3O6S2. The zero-order valence-electron chi connectivity index (χ0n) is 16.6. The number of nitrogens with zero attached hydrogens (tertiary/aromatic N) is 1. The monoisotopic (exact) mass is 461 g/mol. The van der Waals surface area contributed by atoms with E-state index in [2.05, 4.69) is 9.44 Å². The van der Waals surface area contributed by atoms with E-state index in [0.29, 0.717) is 37.8 Å². The molecule has 0 unspecified atom stereocenters. The van der Waals surface area contributed by atoms with Crippen LogP contribution in [-0.2, 0) is 24.8 Å². The van der Waals surface area contributed by atoms with Crippen LogP contribution in [0.1, 0.15) is 17.6 Å². The number of hydrogen-bond acceptors (Lipinski definition) is 7. The zero-order chi connectivity index (χ0) is 21.9. The lowest BCUT2D eigenvalue weighted by Crippen LogP contribution is -2.43. The molecule has 166 valence electrons. The number of morpholine rings is 1. The van der Waals surface area contributed by atoms with Crippen LogP contribution in [0.25, 0.3) is 0 Å². The number of nitrogens with one attached hydrogen (secondary N) is 2. The number of rotatable bonds is 8. The lowest BCUT2D eigenvalue weighted by molar-refractivity contribution is 0.0127. The van der Waals surface area contributed by atoms with Crippen LogP contribution in [0.2, 0.25) is 0 Å². The maximum Gasteiger partial charge on any atom is 0.243 e. The number of benzene rings is 1. The number of anilines is 1. The second kappa shape index (κ2) is 9.02. The van der Waals surface area contributed by atoms with Crippen LogP contribution < -0.4 is 9.44 Å². The Labute approximate surface area is 175 Å². The maximum absolute atomic E-state index is 14.4. The minimum atomic E-state index is -4.19. The molecule has 1 aromatic carbocycles. The Morgan fingerprint density at radius 3 is 2.40 bits per heavy atom. The summed E-state index contributed by atoms with van der Waals surface area (Å²) in [7, 11) is -7.80. The van der Waals surface area contributed by atoms with Crippen molar-refractivity contribution in [2.24, 2.45) is 0 Å². The minimum absolute atomic E-state index is 0.0297. The molecule has 0 spiro atoms. The Hall–Kier alpha value is -1.99. The SMILES string of the molecule is Cc1ccc([C@H](CNS(=O)(=O)c2ccc(NS(C)(=O)=O)cc2F)N2CCOCC2)o1. The van der Waals surface area contributed by atoms with Crippen LogP contribution >= 0.6 is 0 Å². The molecule has 1 aliphatic rings. The van der Waals surface area contributed by atoms with Crippen molar-refractivity contribution in [3.63, 3.8) is 0 Å². The van der Waals surface area contributed by atoms with E-state index in [1.807, 2.05) is 4.90 Å². The maximum atomic E-state index is 14.4. The van der Waals surface area contributed by atoms with E-state index in [4.69, 9.17) is 9.15 Å². The van der Waals surface area contributed by atoms with Crippen molar-refractivity contribution in [2.75, 3.05) is 43.8 Å². The molecule has 0 bridgehead atoms. The smallest absolute Gasteiger partial charge is 0.243 e. The summed E-state index contributed by atoms with van der Waals surface area (Å²) in [5, 5.41) is 0. The van der Waals surface area contributed by atoms with Gasteiger partial charge in [-0.2, -0.15) is 0 Å². The van der Waals surface area contributed by atoms with Crippen LogP contribution in [0.15, 0.2) is 39.6 Å². The van der Waals surface area contributed by atoms with Gasteiger partial charge in [-0.25, -0.2) is 25.9 Å². The molecule has 1 fully saturated rings. The highest BCUT2D eigenvalue weighted by molar-refractivity contribution is 7.92. The van der Waals surface area contributed by atoms with Gasteiger partial charge in [0.2, 0.25) is 20.0 Å². The summed E-state index contributed by atoms with van der Waals surface area (Å²) in [5.41, 5.74) is -0.0637. The molecule has 0 saturated carbocycles. The van der Waals surface area contributed by atoms with E-state index in [0.717, 1.165) is 18.4 Å². The first-order valence-electron chi connectivity index (χ1n) is 9.20. The van der Waals surface area contributed by atoms with Gasteiger partial charge in [0.05, 0.1) is 31.2 Å². The van der Waals surface area contributed by atoms with Crippen molar-refractivity contribution in [1.29, 1.82) is 0 Å². The Bertz CT molecular complexity index is 1090. The van der Waals surface area contributed by atoms with Crippen LogP contribution in [0.4, 0.5) is 10.1 Å². The van der Waals surface area contributed by atoms with E-state index in [-0.39, 0.29) is 18.3 Å². The van der Waals surface area contributed by atoms with Crippen molar-refractivity contribution in [2.45, 2.75) is 17.9 Å². The molecule has 1 aromatic heterocycles. The molecule has 0 amide bonds. The van der Waals surface area contributed by atoms with E-state index in [1.54, 1.807) is 19.1 Å². The summed E-state index contributed by atoms with van der Waals surface area (Å²) in [6.45, 7) is 4.01. The predicted octanol–water partition coefficient (Wildman–Crippen LogP) is 1.45. The number of hydrogen-bond donors (Lipinski definition) is 2. The van der Waals surface area contributed by atoms with E-state index in [9.17, 15) is 21.2 Å². The third-order valence-corrected chi connectivity index (χ3v) is 6.63. The van der Waals surface area contributed by atoms with E-state index in [1.165, 1.54) is 6.07 Å². The predicted molar refractivity (Wildman–Crippen MR) is 109 cm³/mol. The molecule has 0 radical (unpaired) electrons. The largest absolute Gasteiger partial charge is 0.465 e. The first-order chi connectivity index (χ1) is 14.0. The fraction of sp³-hybridized carbons (Fsp3) is 0.444. The zero-order valence-corrected chi connectivity index (χ0v) is 18.2. The second-order valence-electron chi connectivity index (χ2n) is 6.98. The number of aryl methyl sites for hydroxylation is 1. The van der Waals surface area contributed by atoms with Gasteiger partial charge in [0.1, 0.15) is 22.2 Å². The first-order valence-corrected chi connectivity index (χ1v) is 12.6. The number of sulfonamides is 2. The summed E-state index contributed by atoms with van der Waals surface area (Å²) in [6.07, 6.45) is 0.916. The topological polar surface area (TPSA) is 118 Å². The van der Waals surface area contributed by atoms with Gasteiger partial charge in [0, 0.05) is 19.6 Å². The quantitative estimate of drug-likeness (QED) is 0.611. The molecule has 1 atom stereocenters. The van der Waals surface area contributed by atoms with Crippen LogP contribution in [0.5, 0.6) is 0 Å². The molecule has 2 heterocycles. The van der Waals surface area contributed by atoms with Crippen molar-refractivity contribution in [3.05, 3.63) is 47.7 Å². The van der Waals surface area contributed by atoms with E-state index >= 15 is 0 Å². The van der Waals surface area contributed by atoms with Gasteiger partial charge in [0.25, 0.3) is 0 Å². The van der Waals surface area contributed by atoms with Crippen LogP contribution in [0.3, 0.4) is 0 Å². The van der Waals surface area contributed by atoms with Gasteiger partial charge in [0.15, 0.2) is 0 Å². The molecule has 2 N–H and O–H groups in total. The van der Waals surface area contributed by atoms with Gasteiger partial charge in [-0.05, 0) is 37.3 Å².